The Morgan fingerprint density at radius 2 is 1.09 bits per heavy atom. The second-order valence-corrected chi connectivity index (χ2v) is 16.7. The van der Waals surface area contributed by atoms with Gasteiger partial charge < -0.3 is 9.80 Å². The van der Waals surface area contributed by atoms with E-state index in [1.54, 1.807) is 0 Å². The third-order valence-electron chi connectivity index (χ3n) is 7.17. The summed E-state index contributed by atoms with van der Waals surface area (Å²) in [7, 11) is -5.82. The second kappa shape index (κ2) is 12.7. The summed E-state index contributed by atoms with van der Waals surface area (Å²) < 4.78 is 48.4. The average molecular weight is 509 g/mol. The van der Waals surface area contributed by atoms with Gasteiger partial charge in [-0.3, -0.25) is 0 Å². The molecule has 2 fully saturated rings. The van der Waals surface area contributed by atoms with Gasteiger partial charge in [-0.2, -0.15) is 0 Å². The van der Waals surface area contributed by atoms with Crippen LogP contribution in [0.15, 0.2) is 0 Å². The highest BCUT2D eigenvalue weighted by atomic mass is 32.2. The first-order chi connectivity index (χ1) is 15.0. The van der Waals surface area contributed by atoms with E-state index in [0.717, 1.165) is 51.9 Å². The topological polar surface area (TPSA) is 74.8 Å². The van der Waals surface area contributed by atoms with E-state index in [2.05, 4.69) is 37.5 Å². The number of piperidine rings is 2. The van der Waals surface area contributed by atoms with Crippen molar-refractivity contribution in [3.05, 3.63) is 0 Å². The van der Waals surface area contributed by atoms with Crippen molar-refractivity contribution < 1.29 is 16.8 Å². The summed E-state index contributed by atoms with van der Waals surface area (Å²) in [6.07, 6.45) is 3.18. The van der Waals surface area contributed by atoms with Crippen LogP contribution in [0.2, 0.25) is 0 Å². The first-order valence-corrected chi connectivity index (χ1v) is 16.3. The normalized spacial score (nSPS) is 21.6. The van der Waals surface area contributed by atoms with Crippen LogP contribution < -0.4 is 0 Å². The molecule has 0 N–H and O–H groups in total. The van der Waals surface area contributed by atoms with E-state index in [-0.39, 0.29) is 17.1 Å². The lowest BCUT2D eigenvalue weighted by molar-refractivity contribution is 0.163. The number of hydrogen-bond acceptors (Lipinski definition) is 6. The van der Waals surface area contributed by atoms with Crippen molar-refractivity contribution in [3.63, 3.8) is 0 Å². The summed E-state index contributed by atoms with van der Waals surface area (Å²) in [5, 5.41) is -0.0927. The van der Waals surface area contributed by atoms with E-state index in [1.807, 2.05) is 34.6 Å². The maximum atomic E-state index is 12.4. The maximum Gasteiger partial charge on any atom is 0.156 e. The lowest BCUT2D eigenvalue weighted by Crippen LogP contribution is -2.50. The molecular formula is C25H52N2O4S2. The van der Waals surface area contributed by atoms with E-state index >= 15 is 0 Å². The van der Waals surface area contributed by atoms with Crippen LogP contribution >= 0.6 is 0 Å². The highest BCUT2D eigenvalue weighted by molar-refractivity contribution is 7.92. The molecule has 0 aromatic rings. The van der Waals surface area contributed by atoms with Crippen LogP contribution in [0.1, 0.15) is 88.0 Å². The Bertz CT molecular complexity index is 773. The van der Waals surface area contributed by atoms with Crippen LogP contribution in [0.25, 0.3) is 0 Å². The Morgan fingerprint density at radius 3 is 1.45 bits per heavy atom. The molecule has 2 rings (SSSR count). The average Bonchev–Trinajstić information content (AvgIpc) is 2.67. The van der Waals surface area contributed by atoms with Crippen molar-refractivity contribution in [1.29, 1.82) is 0 Å². The number of hydrogen-bond donors (Lipinski definition) is 0. The van der Waals surface area contributed by atoms with Gasteiger partial charge in [0, 0.05) is 12.1 Å². The molecule has 2 saturated heterocycles. The first-order valence-electron chi connectivity index (χ1n) is 12.9. The lowest BCUT2D eigenvalue weighted by Gasteiger charge is -2.40. The molecule has 6 nitrogen and oxygen atoms in total. The highest BCUT2D eigenvalue weighted by Gasteiger charge is 2.42. The van der Waals surface area contributed by atoms with Gasteiger partial charge in [0.2, 0.25) is 0 Å². The van der Waals surface area contributed by atoms with Crippen LogP contribution in [0.3, 0.4) is 0 Å². The molecule has 0 unspecified atom stereocenters. The number of rotatable bonds is 8. The summed E-state index contributed by atoms with van der Waals surface area (Å²) in [5.74, 6) is 1.14. The van der Waals surface area contributed by atoms with Crippen LogP contribution in [0, 0.1) is 11.8 Å². The molecule has 198 valence electrons. The zero-order valence-electron chi connectivity index (χ0n) is 22.8. The molecule has 0 aromatic carbocycles. The van der Waals surface area contributed by atoms with Gasteiger partial charge in [0.05, 0.1) is 21.5 Å². The molecule has 2 aliphatic rings. The van der Waals surface area contributed by atoms with Crippen LogP contribution in [0.5, 0.6) is 0 Å². The second-order valence-electron chi connectivity index (χ2n) is 11.8. The van der Waals surface area contributed by atoms with Crippen LogP contribution in [-0.4, -0.2) is 86.4 Å². The molecular weight excluding hydrogens is 456 g/mol. The number of sulfone groups is 2. The summed E-state index contributed by atoms with van der Waals surface area (Å²) in [6.45, 7) is 22.2. The van der Waals surface area contributed by atoms with Gasteiger partial charge in [-0.05, 0) is 98.3 Å². The molecule has 0 bridgehead atoms. The molecule has 2 heterocycles. The van der Waals surface area contributed by atoms with Crippen LogP contribution in [0.4, 0.5) is 0 Å². The Kier molecular flexibility index (Phi) is 11.9. The summed E-state index contributed by atoms with van der Waals surface area (Å²) in [5.41, 5.74) is 0. The molecule has 0 atom stereocenters. The molecule has 8 heteroatoms. The van der Waals surface area contributed by atoms with E-state index in [1.165, 1.54) is 0 Å². The molecule has 2 aliphatic heterocycles. The number of nitrogens with zero attached hydrogens (tertiary/aromatic N) is 2. The van der Waals surface area contributed by atoms with Crippen molar-refractivity contribution in [2.45, 2.75) is 110 Å². The molecule has 0 spiro atoms. The fourth-order valence-corrected chi connectivity index (χ4v) is 9.03. The van der Waals surface area contributed by atoms with Crippen molar-refractivity contribution in [2.75, 3.05) is 37.7 Å². The van der Waals surface area contributed by atoms with Gasteiger partial charge >= 0.3 is 0 Å². The van der Waals surface area contributed by atoms with Gasteiger partial charge in [0.1, 0.15) is 0 Å². The predicted octanol–water partition coefficient (Wildman–Crippen LogP) is 4.25. The largest absolute Gasteiger partial charge is 0.301 e. The molecule has 33 heavy (non-hydrogen) atoms. The fraction of sp³-hybridized carbons (Fsp3) is 1.00. The van der Waals surface area contributed by atoms with E-state index in [4.69, 9.17) is 0 Å². The van der Waals surface area contributed by atoms with E-state index in [9.17, 15) is 16.8 Å². The predicted molar refractivity (Wildman–Crippen MR) is 141 cm³/mol. The Balaban J connectivity index is 0.000000331. The molecule has 0 amide bonds. The van der Waals surface area contributed by atoms with Gasteiger partial charge in [-0.25, -0.2) is 16.8 Å². The highest BCUT2D eigenvalue weighted by Crippen LogP contribution is 2.32. The van der Waals surface area contributed by atoms with Gasteiger partial charge in [-0.15, -0.1) is 0 Å². The molecule has 0 radical (unpaired) electrons. The van der Waals surface area contributed by atoms with E-state index < -0.39 is 24.4 Å². The zero-order chi connectivity index (χ0) is 25.6. The number of likely N-dealkylation sites (tertiary alicyclic amines) is 2. The molecule has 0 aliphatic carbocycles. The Labute approximate surface area is 205 Å². The van der Waals surface area contributed by atoms with Gasteiger partial charge in [0.15, 0.2) is 19.7 Å². The monoisotopic (exact) mass is 508 g/mol. The first kappa shape index (κ1) is 30.9. The summed E-state index contributed by atoms with van der Waals surface area (Å²) in [4.78, 5) is 4.73. The fourth-order valence-electron chi connectivity index (χ4n) is 4.82. The summed E-state index contributed by atoms with van der Waals surface area (Å²) >= 11 is 0. The smallest absolute Gasteiger partial charge is 0.156 e. The third-order valence-corrected chi connectivity index (χ3v) is 12.8. The minimum Gasteiger partial charge on any atom is -0.301 e. The lowest BCUT2D eigenvalue weighted by atomic mass is 9.97. The summed E-state index contributed by atoms with van der Waals surface area (Å²) in [6, 6.07) is 1.06. The minimum atomic E-state index is -2.96. The quantitative estimate of drug-likeness (QED) is 0.488. The van der Waals surface area contributed by atoms with Crippen molar-refractivity contribution >= 4 is 19.7 Å². The third kappa shape index (κ3) is 9.42. The van der Waals surface area contributed by atoms with Crippen molar-refractivity contribution in [2.24, 2.45) is 11.8 Å². The standard InChI is InChI=1S/C13H27NO2S.C12H25NO2S/c1-11(2)10-17(15,16)13(5)6-8-14(9-7-13)12(3)4;1-10(2)9-16(14,15)12-5-7-13(8-6-12)11(3)4/h11-12H,6-10H2,1-5H3;10-12H,5-9H2,1-4H3. The van der Waals surface area contributed by atoms with Gasteiger partial charge in [-0.1, -0.05) is 27.7 Å². The van der Waals surface area contributed by atoms with Crippen LogP contribution in [-0.2, 0) is 19.7 Å². The Morgan fingerprint density at radius 1 is 0.697 bits per heavy atom. The zero-order valence-corrected chi connectivity index (χ0v) is 24.4. The van der Waals surface area contributed by atoms with E-state index in [0.29, 0.717) is 23.6 Å². The van der Waals surface area contributed by atoms with Gasteiger partial charge in [0.25, 0.3) is 0 Å². The molecule has 0 saturated carbocycles. The van der Waals surface area contributed by atoms with Crippen molar-refractivity contribution in [1.82, 2.24) is 9.80 Å². The minimum absolute atomic E-state index is 0.0927. The molecule has 0 aromatic heterocycles. The SMILES string of the molecule is CC(C)CS(=O)(=O)C1(C)CCN(C(C)C)CC1.CC(C)CS(=O)(=O)C1CCN(C(C)C)CC1. The maximum absolute atomic E-state index is 12.4. The van der Waals surface area contributed by atoms with Crippen molar-refractivity contribution in [3.8, 4) is 0 Å². The Hall–Kier alpha value is -0.180.